The van der Waals surface area contributed by atoms with Crippen molar-refractivity contribution in [2.75, 3.05) is 25.6 Å². The molecule has 0 saturated heterocycles. The SMILES string of the molecule is COC(=O)COc1cccc(NC(=O)CCCOc2ccc(Cl)c(C)c2)c1. The minimum Gasteiger partial charge on any atom is -0.494 e. The summed E-state index contributed by atoms with van der Waals surface area (Å²) in [6, 6.07) is 12.3. The molecule has 0 aliphatic rings. The lowest BCUT2D eigenvalue weighted by Gasteiger charge is -2.09. The topological polar surface area (TPSA) is 73.9 Å². The summed E-state index contributed by atoms with van der Waals surface area (Å²) in [5, 5.41) is 3.49. The minimum absolute atomic E-state index is 0.129. The zero-order valence-electron chi connectivity index (χ0n) is 15.3. The first-order valence-electron chi connectivity index (χ1n) is 8.46. The quantitative estimate of drug-likeness (QED) is 0.516. The van der Waals surface area contributed by atoms with Crippen molar-refractivity contribution in [2.45, 2.75) is 19.8 Å². The van der Waals surface area contributed by atoms with Gasteiger partial charge in [0.25, 0.3) is 0 Å². The van der Waals surface area contributed by atoms with Crippen molar-refractivity contribution in [1.29, 1.82) is 0 Å². The van der Waals surface area contributed by atoms with Crippen LogP contribution in [0.25, 0.3) is 0 Å². The normalized spacial score (nSPS) is 10.2. The highest BCUT2D eigenvalue weighted by molar-refractivity contribution is 6.31. The monoisotopic (exact) mass is 391 g/mol. The Morgan fingerprint density at radius 2 is 1.85 bits per heavy atom. The average molecular weight is 392 g/mol. The van der Waals surface area contributed by atoms with E-state index in [9.17, 15) is 9.59 Å². The van der Waals surface area contributed by atoms with E-state index in [1.165, 1.54) is 7.11 Å². The highest BCUT2D eigenvalue weighted by Crippen LogP contribution is 2.21. The molecule has 7 heteroatoms. The maximum atomic E-state index is 12.0. The van der Waals surface area contributed by atoms with Gasteiger partial charge in [-0.2, -0.15) is 0 Å². The zero-order valence-corrected chi connectivity index (χ0v) is 16.0. The summed E-state index contributed by atoms with van der Waals surface area (Å²) in [5.74, 6) is 0.601. The number of nitrogens with one attached hydrogen (secondary N) is 1. The predicted molar refractivity (Wildman–Crippen MR) is 104 cm³/mol. The molecule has 0 spiro atoms. The van der Waals surface area contributed by atoms with Crippen molar-refractivity contribution in [2.24, 2.45) is 0 Å². The van der Waals surface area contributed by atoms with E-state index in [1.807, 2.05) is 13.0 Å². The minimum atomic E-state index is -0.472. The molecule has 0 aliphatic heterocycles. The first kappa shape index (κ1) is 20.6. The Morgan fingerprint density at radius 3 is 2.59 bits per heavy atom. The van der Waals surface area contributed by atoms with Crippen molar-refractivity contribution in [3.63, 3.8) is 0 Å². The third-order valence-corrected chi connectivity index (χ3v) is 4.07. The number of carbonyl (C=O) groups excluding carboxylic acids is 2. The van der Waals surface area contributed by atoms with Crippen LogP contribution >= 0.6 is 11.6 Å². The van der Waals surface area contributed by atoms with E-state index in [4.69, 9.17) is 21.1 Å². The summed E-state index contributed by atoms with van der Waals surface area (Å²) in [6.45, 7) is 2.15. The van der Waals surface area contributed by atoms with Gasteiger partial charge in [-0.1, -0.05) is 17.7 Å². The smallest absolute Gasteiger partial charge is 0.343 e. The van der Waals surface area contributed by atoms with Crippen molar-refractivity contribution in [3.8, 4) is 11.5 Å². The van der Waals surface area contributed by atoms with Gasteiger partial charge in [0.2, 0.25) is 5.91 Å². The Hall–Kier alpha value is -2.73. The Morgan fingerprint density at radius 1 is 1.07 bits per heavy atom. The molecule has 1 amide bonds. The van der Waals surface area contributed by atoms with Gasteiger partial charge in [0.05, 0.1) is 13.7 Å². The second kappa shape index (κ2) is 10.4. The van der Waals surface area contributed by atoms with Gasteiger partial charge < -0.3 is 19.5 Å². The number of hydrogen-bond acceptors (Lipinski definition) is 5. The molecule has 2 aromatic carbocycles. The maximum absolute atomic E-state index is 12.0. The molecule has 2 rings (SSSR count). The summed E-state index contributed by atoms with van der Waals surface area (Å²) < 4.78 is 15.4. The standard InChI is InChI=1S/C20H22ClNO5/c1-14-11-17(8-9-18(14)21)26-10-4-7-19(23)22-15-5-3-6-16(12-15)27-13-20(24)25-2/h3,5-6,8-9,11-12H,4,7,10,13H2,1-2H3,(H,22,23). The van der Waals surface area contributed by atoms with E-state index in [-0.39, 0.29) is 12.5 Å². The van der Waals surface area contributed by atoms with Crippen LogP contribution in [0.4, 0.5) is 5.69 Å². The summed E-state index contributed by atoms with van der Waals surface area (Å²) in [7, 11) is 1.29. The van der Waals surface area contributed by atoms with E-state index in [0.717, 1.165) is 11.3 Å². The van der Waals surface area contributed by atoms with Gasteiger partial charge in [-0.05, 0) is 49.2 Å². The van der Waals surface area contributed by atoms with Crippen molar-refractivity contribution >= 4 is 29.2 Å². The number of halogens is 1. The second-order valence-electron chi connectivity index (χ2n) is 5.80. The third kappa shape index (κ3) is 7.19. The van der Waals surface area contributed by atoms with Crippen LogP contribution in [-0.4, -0.2) is 32.2 Å². The Labute approximate surface area is 163 Å². The van der Waals surface area contributed by atoms with E-state index in [1.54, 1.807) is 36.4 Å². The molecule has 27 heavy (non-hydrogen) atoms. The number of aryl methyl sites for hydroxylation is 1. The molecule has 144 valence electrons. The van der Waals surface area contributed by atoms with E-state index in [0.29, 0.717) is 35.9 Å². The van der Waals surface area contributed by atoms with Crippen LogP contribution in [0.2, 0.25) is 5.02 Å². The summed E-state index contributed by atoms with van der Waals surface area (Å²) in [5.41, 5.74) is 1.54. The average Bonchev–Trinajstić information content (AvgIpc) is 2.66. The lowest BCUT2D eigenvalue weighted by atomic mass is 10.2. The summed E-state index contributed by atoms with van der Waals surface area (Å²) in [4.78, 5) is 23.1. The molecule has 0 unspecified atom stereocenters. The number of hydrogen-bond donors (Lipinski definition) is 1. The fraction of sp³-hybridized carbons (Fsp3) is 0.300. The van der Waals surface area contributed by atoms with Gasteiger partial charge in [0.1, 0.15) is 11.5 Å². The van der Waals surface area contributed by atoms with Gasteiger partial charge in [-0.25, -0.2) is 4.79 Å². The van der Waals surface area contributed by atoms with Crippen LogP contribution in [0, 0.1) is 6.92 Å². The molecule has 0 aromatic heterocycles. The molecule has 0 atom stereocenters. The molecule has 2 aromatic rings. The number of ether oxygens (including phenoxy) is 3. The summed E-state index contributed by atoms with van der Waals surface area (Å²) >= 11 is 5.97. The molecule has 1 N–H and O–H groups in total. The van der Waals surface area contributed by atoms with Gasteiger partial charge in [-0.15, -0.1) is 0 Å². The molecular formula is C20H22ClNO5. The molecule has 0 aliphatic carbocycles. The molecule has 0 radical (unpaired) electrons. The number of amides is 1. The molecule has 0 heterocycles. The number of carbonyl (C=O) groups is 2. The van der Waals surface area contributed by atoms with Crippen LogP contribution in [0.1, 0.15) is 18.4 Å². The maximum Gasteiger partial charge on any atom is 0.343 e. The van der Waals surface area contributed by atoms with Crippen molar-refractivity contribution < 1.29 is 23.8 Å². The highest BCUT2D eigenvalue weighted by atomic mass is 35.5. The molecule has 0 saturated carbocycles. The highest BCUT2D eigenvalue weighted by Gasteiger charge is 2.06. The zero-order chi connectivity index (χ0) is 19.6. The van der Waals surface area contributed by atoms with E-state index >= 15 is 0 Å². The van der Waals surface area contributed by atoms with Crippen molar-refractivity contribution in [3.05, 3.63) is 53.1 Å². The van der Waals surface area contributed by atoms with Gasteiger partial charge in [0, 0.05) is 23.2 Å². The fourth-order valence-corrected chi connectivity index (χ4v) is 2.34. The van der Waals surface area contributed by atoms with Crippen LogP contribution < -0.4 is 14.8 Å². The summed E-state index contributed by atoms with van der Waals surface area (Å²) in [6.07, 6.45) is 0.895. The predicted octanol–water partition coefficient (Wildman–Crippen LogP) is 4.00. The third-order valence-electron chi connectivity index (χ3n) is 3.65. The Kier molecular flexibility index (Phi) is 7.95. The lowest BCUT2D eigenvalue weighted by molar-refractivity contribution is -0.142. The molecule has 6 nitrogen and oxygen atoms in total. The lowest BCUT2D eigenvalue weighted by Crippen LogP contribution is -2.14. The van der Waals surface area contributed by atoms with Gasteiger partial charge in [-0.3, -0.25) is 4.79 Å². The van der Waals surface area contributed by atoms with Crippen molar-refractivity contribution in [1.82, 2.24) is 0 Å². The Bertz CT molecular complexity index is 794. The van der Waals surface area contributed by atoms with Crippen LogP contribution in [0.3, 0.4) is 0 Å². The second-order valence-corrected chi connectivity index (χ2v) is 6.21. The Balaban J connectivity index is 1.73. The molecule has 0 fully saturated rings. The van der Waals surface area contributed by atoms with E-state index < -0.39 is 5.97 Å². The first-order valence-corrected chi connectivity index (χ1v) is 8.84. The number of anilines is 1. The molecular weight excluding hydrogens is 370 g/mol. The van der Waals surface area contributed by atoms with Crippen LogP contribution in [0.15, 0.2) is 42.5 Å². The van der Waals surface area contributed by atoms with Crippen LogP contribution in [-0.2, 0) is 14.3 Å². The largest absolute Gasteiger partial charge is 0.494 e. The number of esters is 1. The van der Waals surface area contributed by atoms with E-state index in [2.05, 4.69) is 10.1 Å². The number of rotatable bonds is 9. The number of benzene rings is 2. The van der Waals surface area contributed by atoms with Gasteiger partial charge >= 0.3 is 5.97 Å². The number of methoxy groups -OCH3 is 1. The first-order chi connectivity index (χ1) is 13.0. The molecule has 0 bridgehead atoms. The van der Waals surface area contributed by atoms with Gasteiger partial charge in [0.15, 0.2) is 6.61 Å². The van der Waals surface area contributed by atoms with Crippen LogP contribution in [0.5, 0.6) is 11.5 Å². The fourth-order valence-electron chi connectivity index (χ4n) is 2.22.